The van der Waals surface area contributed by atoms with E-state index < -0.39 is 30.6 Å². The Labute approximate surface area is 162 Å². The maximum absolute atomic E-state index is 11.5. The second-order valence-corrected chi connectivity index (χ2v) is 6.68. The molecular formula is C19H24N4O5. The van der Waals surface area contributed by atoms with E-state index in [2.05, 4.69) is 22.2 Å². The van der Waals surface area contributed by atoms with Crippen LogP contribution in [0, 0.1) is 6.92 Å². The summed E-state index contributed by atoms with van der Waals surface area (Å²) in [7, 11) is 0. The molecule has 0 bridgehead atoms. The normalized spacial score (nSPS) is 27.4. The average molecular weight is 388 g/mol. The number of ether oxygens (including phenoxy) is 2. The number of aliphatic hydroxyl groups excluding tert-OH is 2. The molecule has 0 spiro atoms. The van der Waals surface area contributed by atoms with Gasteiger partial charge in [0, 0.05) is 6.92 Å². The van der Waals surface area contributed by atoms with Crippen molar-refractivity contribution in [3.8, 4) is 5.69 Å². The standard InChI is InChI=1S/C19H24N4O5/c1-4-9-27-19-15(20-12(3)24)16(25)17(26)18(28-19)14-10-23(22-21-14)13-7-5-11(2)6-8-13/h4-8,10,15-19,25-26H,1,9H2,2-3H3,(H,20,24)/t15-,16-,17-,18-,19+/m1/s1. The van der Waals surface area contributed by atoms with E-state index in [4.69, 9.17) is 9.47 Å². The van der Waals surface area contributed by atoms with Crippen molar-refractivity contribution in [2.45, 2.75) is 44.5 Å². The van der Waals surface area contributed by atoms with Crippen molar-refractivity contribution in [3.05, 3.63) is 54.4 Å². The largest absolute Gasteiger partial charge is 0.388 e. The SMILES string of the molecule is C=CCO[C@H]1O[C@H](c2cn(-c3ccc(C)cc3)nn2)[C@H](O)[C@H](O)[C@H]1NC(C)=O. The molecule has 1 aromatic carbocycles. The van der Waals surface area contributed by atoms with E-state index in [-0.39, 0.29) is 12.5 Å². The fraction of sp³-hybridized carbons (Fsp3) is 0.421. The summed E-state index contributed by atoms with van der Waals surface area (Å²) in [4.78, 5) is 11.5. The van der Waals surface area contributed by atoms with Crippen molar-refractivity contribution in [1.29, 1.82) is 0 Å². The lowest BCUT2D eigenvalue weighted by molar-refractivity contribution is -0.265. The van der Waals surface area contributed by atoms with Gasteiger partial charge in [-0.05, 0) is 19.1 Å². The van der Waals surface area contributed by atoms with E-state index >= 15 is 0 Å². The Bertz CT molecular complexity index is 822. The summed E-state index contributed by atoms with van der Waals surface area (Å²) in [5, 5.41) is 31.8. The molecule has 3 rings (SSSR count). The molecule has 9 nitrogen and oxygen atoms in total. The van der Waals surface area contributed by atoms with Gasteiger partial charge in [-0.3, -0.25) is 4.79 Å². The van der Waals surface area contributed by atoms with Crippen LogP contribution < -0.4 is 5.32 Å². The molecule has 28 heavy (non-hydrogen) atoms. The van der Waals surface area contributed by atoms with E-state index in [9.17, 15) is 15.0 Å². The molecule has 1 aliphatic heterocycles. The number of nitrogens with one attached hydrogen (secondary N) is 1. The van der Waals surface area contributed by atoms with Crippen LogP contribution in [0.2, 0.25) is 0 Å². The highest BCUT2D eigenvalue weighted by Crippen LogP contribution is 2.32. The Morgan fingerprint density at radius 3 is 2.71 bits per heavy atom. The van der Waals surface area contributed by atoms with Gasteiger partial charge in [0.1, 0.15) is 30.0 Å². The predicted octanol–water partition coefficient (Wildman–Crippen LogP) is 0.402. The van der Waals surface area contributed by atoms with Crippen molar-refractivity contribution in [3.63, 3.8) is 0 Å². The molecule has 3 N–H and O–H groups in total. The molecule has 1 aromatic heterocycles. The van der Waals surface area contributed by atoms with Crippen LogP contribution in [0.4, 0.5) is 0 Å². The lowest BCUT2D eigenvalue weighted by Gasteiger charge is -2.41. The van der Waals surface area contributed by atoms with Gasteiger partial charge in [-0.1, -0.05) is 29.0 Å². The van der Waals surface area contributed by atoms with E-state index in [1.165, 1.54) is 13.0 Å². The first-order valence-corrected chi connectivity index (χ1v) is 8.91. The fourth-order valence-corrected chi connectivity index (χ4v) is 3.03. The van der Waals surface area contributed by atoms with Gasteiger partial charge in [0.25, 0.3) is 0 Å². The van der Waals surface area contributed by atoms with E-state index in [0.717, 1.165) is 11.3 Å². The quantitative estimate of drug-likeness (QED) is 0.613. The van der Waals surface area contributed by atoms with E-state index in [0.29, 0.717) is 5.69 Å². The number of aryl methyl sites for hydroxylation is 1. The van der Waals surface area contributed by atoms with Gasteiger partial charge in [-0.15, -0.1) is 11.7 Å². The van der Waals surface area contributed by atoms with E-state index in [1.807, 2.05) is 31.2 Å². The van der Waals surface area contributed by atoms with Gasteiger partial charge in [0.2, 0.25) is 5.91 Å². The van der Waals surface area contributed by atoms with Crippen LogP contribution in [0.3, 0.4) is 0 Å². The zero-order chi connectivity index (χ0) is 20.3. The van der Waals surface area contributed by atoms with Crippen molar-refractivity contribution >= 4 is 5.91 Å². The summed E-state index contributed by atoms with van der Waals surface area (Å²) in [6, 6.07) is 6.75. The highest BCUT2D eigenvalue weighted by atomic mass is 16.7. The van der Waals surface area contributed by atoms with Gasteiger partial charge in [0.15, 0.2) is 6.29 Å². The van der Waals surface area contributed by atoms with E-state index in [1.54, 1.807) is 10.9 Å². The van der Waals surface area contributed by atoms with Crippen LogP contribution in [-0.4, -0.2) is 62.3 Å². The highest BCUT2D eigenvalue weighted by molar-refractivity contribution is 5.73. The minimum absolute atomic E-state index is 0.145. The number of rotatable bonds is 6. The minimum Gasteiger partial charge on any atom is -0.388 e. The van der Waals surface area contributed by atoms with Gasteiger partial charge in [-0.2, -0.15) is 0 Å². The first-order valence-electron chi connectivity index (χ1n) is 8.91. The average Bonchev–Trinajstić information content (AvgIpc) is 3.15. The molecule has 0 saturated carbocycles. The second kappa shape index (κ2) is 8.61. The molecular weight excluding hydrogens is 364 g/mol. The maximum Gasteiger partial charge on any atom is 0.217 e. The Hall–Kier alpha value is -2.59. The fourth-order valence-electron chi connectivity index (χ4n) is 3.03. The van der Waals surface area contributed by atoms with Crippen molar-refractivity contribution in [2.24, 2.45) is 0 Å². The molecule has 2 heterocycles. The number of hydrogen-bond acceptors (Lipinski definition) is 7. The van der Waals surface area contributed by atoms with Crippen LogP contribution in [0.15, 0.2) is 43.1 Å². The molecule has 9 heteroatoms. The Kier molecular flexibility index (Phi) is 6.20. The Balaban J connectivity index is 1.84. The highest BCUT2D eigenvalue weighted by Gasteiger charge is 2.47. The first-order chi connectivity index (χ1) is 13.4. The third kappa shape index (κ3) is 4.28. The summed E-state index contributed by atoms with van der Waals surface area (Å²) in [5.74, 6) is -0.379. The summed E-state index contributed by atoms with van der Waals surface area (Å²) in [6.45, 7) is 7.02. The second-order valence-electron chi connectivity index (χ2n) is 6.68. The zero-order valence-electron chi connectivity index (χ0n) is 15.7. The molecule has 1 aliphatic rings. The number of hydrogen-bond donors (Lipinski definition) is 3. The molecule has 150 valence electrons. The number of aromatic nitrogens is 3. The maximum atomic E-state index is 11.5. The molecule has 0 unspecified atom stereocenters. The molecule has 5 atom stereocenters. The summed E-state index contributed by atoms with van der Waals surface area (Å²) < 4.78 is 12.9. The molecule has 0 aliphatic carbocycles. The third-order valence-corrected chi connectivity index (χ3v) is 4.45. The van der Waals surface area contributed by atoms with Crippen molar-refractivity contribution < 1.29 is 24.5 Å². The lowest BCUT2D eigenvalue weighted by Crippen LogP contribution is -2.61. The third-order valence-electron chi connectivity index (χ3n) is 4.45. The first kappa shape index (κ1) is 20.2. The molecule has 1 fully saturated rings. The van der Waals surface area contributed by atoms with Crippen LogP contribution in [0.5, 0.6) is 0 Å². The smallest absolute Gasteiger partial charge is 0.217 e. The number of amides is 1. The summed E-state index contributed by atoms with van der Waals surface area (Å²) in [5.41, 5.74) is 2.25. The van der Waals surface area contributed by atoms with Gasteiger partial charge in [0.05, 0.1) is 18.5 Å². The molecule has 2 aromatic rings. The number of benzene rings is 1. The van der Waals surface area contributed by atoms with Gasteiger partial charge in [-0.25, -0.2) is 4.68 Å². The van der Waals surface area contributed by atoms with Crippen LogP contribution >= 0.6 is 0 Å². The summed E-state index contributed by atoms with van der Waals surface area (Å²) >= 11 is 0. The molecule has 1 saturated heterocycles. The number of nitrogens with zero attached hydrogens (tertiary/aromatic N) is 3. The van der Waals surface area contributed by atoms with Crippen molar-refractivity contribution in [2.75, 3.05) is 6.61 Å². The van der Waals surface area contributed by atoms with Crippen molar-refractivity contribution in [1.82, 2.24) is 20.3 Å². The monoisotopic (exact) mass is 388 g/mol. The predicted molar refractivity (Wildman–Crippen MR) is 99.5 cm³/mol. The summed E-state index contributed by atoms with van der Waals surface area (Å²) in [6.07, 6.45) is -1.47. The molecule has 0 radical (unpaired) electrons. The number of carbonyl (C=O) groups is 1. The Morgan fingerprint density at radius 1 is 1.36 bits per heavy atom. The topological polar surface area (TPSA) is 119 Å². The van der Waals surface area contributed by atoms with Crippen LogP contribution in [-0.2, 0) is 14.3 Å². The van der Waals surface area contributed by atoms with Crippen LogP contribution in [0.25, 0.3) is 5.69 Å². The zero-order valence-corrected chi connectivity index (χ0v) is 15.7. The molecule has 1 amide bonds. The van der Waals surface area contributed by atoms with Gasteiger partial charge < -0.3 is 25.0 Å². The Morgan fingerprint density at radius 2 is 2.07 bits per heavy atom. The number of carbonyl (C=O) groups excluding carboxylic acids is 1. The van der Waals surface area contributed by atoms with Gasteiger partial charge >= 0.3 is 0 Å². The minimum atomic E-state index is -1.33. The lowest BCUT2D eigenvalue weighted by atomic mass is 9.95. The van der Waals surface area contributed by atoms with Crippen LogP contribution in [0.1, 0.15) is 24.3 Å². The number of aliphatic hydroxyl groups is 2.